The molecule has 0 radical (unpaired) electrons. The molecule has 1 aliphatic heterocycles. The summed E-state index contributed by atoms with van der Waals surface area (Å²) < 4.78 is 16.6. The molecule has 114 valence electrons. The summed E-state index contributed by atoms with van der Waals surface area (Å²) in [7, 11) is 1.97. The first-order chi connectivity index (χ1) is 10.5. The second kappa shape index (κ2) is 5.02. The zero-order valence-electron chi connectivity index (χ0n) is 12.9. The molecule has 0 aliphatic carbocycles. The Kier molecular flexibility index (Phi) is 3.28. The number of nitrogens with one attached hydrogen (secondary N) is 1. The summed E-state index contributed by atoms with van der Waals surface area (Å²) in [4.78, 5) is 4.59. The van der Waals surface area contributed by atoms with Gasteiger partial charge in [-0.15, -0.1) is 0 Å². The molecule has 0 bridgehead atoms. The van der Waals surface area contributed by atoms with Crippen LogP contribution in [-0.2, 0) is 12.6 Å². The van der Waals surface area contributed by atoms with Crippen LogP contribution in [-0.4, -0.2) is 10.5 Å². The van der Waals surface area contributed by atoms with Crippen LogP contribution in [0.15, 0.2) is 47.7 Å². The van der Waals surface area contributed by atoms with E-state index < -0.39 is 5.54 Å². The predicted octanol–water partition coefficient (Wildman–Crippen LogP) is 2.46. The first kappa shape index (κ1) is 14.4. The molecule has 0 fully saturated rings. The molecule has 4 nitrogen and oxygen atoms in total. The lowest BCUT2D eigenvalue weighted by Crippen LogP contribution is -2.38. The van der Waals surface area contributed by atoms with Crippen LogP contribution in [0.1, 0.15) is 22.4 Å². The van der Waals surface area contributed by atoms with Gasteiger partial charge in [0.2, 0.25) is 0 Å². The number of aromatic nitrogens is 1. The van der Waals surface area contributed by atoms with Crippen molar-refractivity contribution in [1.82, 2.24) is 9.88 Å². The normalized spacial score (nSPS) is 20.6. The van der Waals surface area contributed by atoms with Crippen LogP contribution in [0.25, 0.3) is 0 Å². The molecule has 3 rings (SSSR count). The quantitative estimate of drug-likeness (QED) is 0.895. The Balaban J connectivity index is 2.37. The van der Waals surface area contributed by atoms with E-state index in [9.17, 15) is 4.39 Å². The third-order valence-electron chi connectivity index (χ3n) is 4.19. The van der Waals surface area contributed by atoms with Crippen LogP contribution < -0.4 is 11.1 Å². The van der Waals surface area contributed by atoms with E-state index in [4.69, 9.17) is 5.73 Å². The van der Waals surface area contributed by atoms with Gasteiger partial charge in [0.15, 0.2) is 5.96 Å². The molecule has 0 saturated heterocycles. The van der Waals surface area contributed by atoms with Gasteiger partial charge in [0.1, 0.15) is 11.4 Å². The van der Waals surface area contributed by atoms with Crippen molar-refractivity contribution in [2.24, 2.45) is 17.8 Å². The van der Waals surface area contributed by atoms with Gasteiger partial charge in [-0.25, -0.2) is 9.38 Å². The lowest BCUT2D eigenvalue weighted by atomic mass is 9.80. The molecule has 5 heteroatoms. The molecule has 1 atom stereocenters. The van der Waals surface area contributed by atoms with E-state index in [0.29, 0.717) is 5.56 Å². The first-order valence-electron chi connectivity index (χ1n) is 7.13. The summed E-state index contributed by atoms with van der Waals surface area (Å²) in [6.45, 7) is 4.01. The summed E-state index contributed by atoms with van der Waals surface area (Å²) >= 11 is 0. The molecule has 3 N–H and O–H groups in total. The van der Waals surface area contributed by atoms with Crippen molar-refractivity contribution in [3.63, 3.8) is 0 Å². The monoisotopic (exact) mass is 298 g/mol. The molecule has 2 heterocycles. The zero-order chi connectivity index (χ0) is 15.9. The summed E-state index contributed by atoms with van der Waals surface area (Å²) in [5.74, 6) is -0.0262. The van der Waals surface area contributed by atoms with Gasteiger partial charge < -0.3 is 15.6 Å². The van der Waals surface area contributed by atoms with Gasteiger partial charge >= 0.3 is 0 Å². The van der Waals surface area contributed by atoms with Gasteiger partial charge in [-0.05, 0) is 31.6 Å². The maximum absolute atomic E-state index is 14.5. The van der Waals surface area contributed by atoms with Crippen molar-refractivity contribution in [2.75, 3.05) is 0 Å². The summed E-state index contributed by atoms with van der Waals surface area (Å²) in [5, 5.41) is 2.86. The highest BCUT2D eigenvalue weighted by Gasteiger charge is 2.39. The predicted molar refractivity (Wildman–Crippen MR) is 86.0 cm³/mol. The Morgan fingerprint density at radius 3 is 2.59 bits per heavy atom. The van der Waals surface area contributed by atoms with Gasteiger partial charge in [0, 0.05) is 36.3 Å². The van der Waals surface area contributed by atoms with Gasteiger partial charge in [-0.1, -0.05) is 18.2 Å². The first-order valence-corrected chi connectivity index (χ1v) is 7.13. The van der Waals surface area contributed by atoms with E-state index in [1.165, 1.54) is 6.07 Å². The number of rotatable bonds is 2. The minimum absolute atomic E-state index is 0.272. The highest BCUT2D eigenvalue weighted by molar-refractivity contribution is 5.81. The molecular weight excluding hydrogens is 279 g/mol. The van der Waals surface area contributed by atoms with E-state index in [1.54, 1.807) is 18.3 Å². The minimum Gasteiger partial charge on any atom is -0.370 e. The maximum atomic E-state index is 14.5. The Morgan fingerprint density at radius 2 is 2.00 bits per heavy atom. The molecular formula is C17H19FN4. The van der Waals surface area contributed by atoms with Crippen molar-refractivity contribution in [3.05, 3.63) is 70.9 Å². The smallest absolute Gasteiger partial charge is 0.194 e. The number of aryl methyl sites for hydroxylation is 2. The number of halogens is 1. The van der Waals surface area contributed by atoms with E-state index in [2.05, 4.69) is 10.3 Å². The molecule has 1 unspecified atom stereocenters. The van der Waals surface area contributed by atoms with Gasteiger partial charge in [-0.3, -0.25) is 0 Å². The van der Waals surface area contributed by atoms with Crippen molar-refractivity contribution < 1.29 is 4.39 Å². The van der Waals surface area contributed by atoms with Gasteiger partial charge in [0.25, 0.3) is 0 Å². The maximum Gasteiger partial charge on any atom is 0.194 e. The summed E-state index contributed by atoms with van der Waals surface area (Å²) in [5.41, 5.74) is 8.48. The van der Waals surface area contributed by atoms with Gasteiger partial charge in [0.05, 0.1) is 0 Å². The Hall–Kier alpha value is -2.56. The van der Waals surface area contributed by atoms with Crippen LogP contribution in [0.4, 0.5) is 4.39 Å². The Bertz CT molecular complexity index is 788. The van der Waals surface area contributed by atoms with Crippen molar-refractivity contribution >= 4 is 5.96 Å². The average Bonchev–Trinajstić information content (AvgIpc) is 2.72. The van der Waals surface area contributed by atoms with Crippen LogP contribution >= 0.6 is 0 Å². The largest absolute Gasteiger partial charge is 0.370 e. The Morgan fingerprint density at radius 1 is 1.27 bits per heavy atom. The van der Waals surface area contributed by atoms with Crippen molar-refractivity contribution in [1.29, 1.82) is 0 Å². The number of aliphatic imine (C=N–C) groups is 1. The zero-order valence-corrected chi connectivity index (χ0v) is 12.9. The van der Waals surface area contributed by atoms with Crippen LogP contribution in [0.5, 0.6) is 0 Å². The van der Waals surface area contributed by atoms with Gasteiger partial charge in [-0.2, -0.15) is 0 Å². The van der Waals surface area contributed by atoms with Crippen LogP contribution in [0, 0.1) is 19.7 Å². The summed E-state index contributed by atoms with van der Waals surface area (Å²) in [6.07, 6.45) is 5.60. The minimum atomic E-state index is -0.948. The fraction of sp³-hybridized carbons (Fsp3) is 0.235. The van der Waals surface area contributed by atoms with Crippen molar-refractivity contribution in [2.45, 2.75) is 19.4 Å². The fourth-order valence-corrected chi connectivity index (χ4v) is 3.19. The van der Waals surface area contributed by atoms with Crippen LogP contribution in [0.2, 0.25) is 0 Å². The molecule has 2 aromatic rings. The fourth-order valence-electron chi connectivity index (χ4n) is 3.19. The molecule has 1 aromatic carbocycles. The highest BCUT2D eigenvalue weighted by Crippen LogP contribution is 2.41. The Labute approximate surface area is 129 Å². The highest BCUT2D eigenvalue weighted by atomic mass is 19.1. The molecule has 1 aromatic heterocycles. The second-order valence-electron chi connectivity index (χ2n) is 5.60. The number of nitrogens with zero attached hydrogens (tertiary/aromatic N) is 2. The second-order valence-corrected chi connectivity index (χ2v) is 5.60. The van der Waals surface area contributed by atoms with Crippen LogP contribution in [0.3, 0.4) is 0 Å². The molecule has 0 saturated carbocycles. The molecule has 0 spiro atoms. The third kappa shape index (κ3) is 2.01. The van der Waals surface area contributed by atoms with E-state index in [0.717, 1.165) is 16.8 Å². The number of hydrogen-bond donors (Lipinski definition) is 2. The topological polar surface area (TPSA) is 55.3 Å². The summed E-state index contributed by atoms with van der Waals surface area (Å²) in [6, 6.07) is 6.70. The lowest BCUT2D eigenvalue weighted by Gasteiger charge is -2.32. The van der Waals surface area contributed by atoms with E-state index in [1.807, 2.05) is 43.8 Å². The lowest BCUT2D eigenvalue weighted by molar-refractivity contribution is 0.556. The number of nitrogens with two attached hydrogens (primary N) is 1. The number of hydrogen-bond acceptors (Lipinski definition) is 3. The van der Waals surface area contributed by atoms with Crippen molar-refractivity contribution in [3.8, 4) is 0 Å². The number of guanidine groups is 1. The average molecular weight is 298 g/mol. The van der Waals surface area contributed by atoms with E-state index >= 15 is 0 Å². The third-order valence-corrected chi connectivity index (χ3v) is 4.19. The number of benzene rings is 1. The molecule has 1 aliphatic rings. The standard InChI is InChI=1S/C17H19FN4/c1-11-10-22(3)12(2)15(11)17(8-9-20-16(19)21-17)13-6-4-5-7-14(13)18/h4-10H,1-3H3,(H3,19,20,21). The van der Waals surface area contributed by atoms with E-state index in [-0.39, 0.29) is 11.8 Å². The molecule has 22 heavy (non-hydrogen) atoms. The SMILES string of the molecule is Cc1cn(C)c(C)c1C1(c2ccccc2F)C=CNC(N)=N1. The molecule has 0 amide bonds.